The molecule has 1 aromatic carbocycles. The van der Waals surface area contributed by atoms with Gasteiger partial charge in [-0.15, -0.1) is 0 Å². The lowest BCUT2D eigenvalue weighted by atomic mass is 10.1. The predicted octanol–water partition coefficient (Wildman–Crippen LogP) is 2.08. The fraction of sp³-hybridized carbons (Fsp3) is 0.294. The molecule has 1 heterocycles. The van der Waals surface area contributed by atoms with E-state index in [1.165, 1.54) is 4.90 Å². The molecule has 0 bridgehead atoms. The molecule has 0 aliphatic rings. The molecule has 23 heavy (non-hydrogen) atoms. The summed E-state index contributed by atoms with van der Waals surface area (Å²) in [5.74, 6) is 0.211. The highest BCUT2D eigenvalue weighted by Gasteiger charge is 2.18. The Morgan fingerprint density at radius 1 is 1.22 bits per heavy atom. The molecule has 1 amide bonds. The third-order valence-corrected chi connectivity index (χ3v) is 3.27. The molecule has 0 atom stereocenters. The molecular weight excluding hydrogens is 296 g/mol. The number of nitrogens with zero attached hydrogens (tertiary/aromatic N) is 2. The van der Waals surface area contributed by atoms with Gasteiger partial charge in [0.15, 0.2) is 0 Å². The van der Waals surface area contributed by atoms with E-state index in [0.29, 0.717) is 24.3 Å². The molecule has 0 unspecified atom stereocenters. The first kappa shape index (κ1) is 16.8. The van der Waals surface area contributed by atoms with Crippen molar-refractivity contribution in [3.05, 3.63) is 53.7 Å². The van der Waals surface area contributed by atoms with Crippen molar-refractivity contribution < 1.29 is 19.4 Å². The number of ether oxygens (including phenoxy) is 2. The number of hydrogen-bond acceptors (Lipinski definition) is 5. The van der Waals surface area contributed by atoms with Gasteiger partial charge in [0.2, 0.25) is 5.88 Å². The number of aromatic hydroxyl groups is 1. The van der Waals surface area contributed by atoms with Crippen LogP contribution in [0.2, 0.25) is 0 Å². The van der Waals surface area contributed by atoms with E-state index in [4.69, 9.17) is 9.47 Å². The summed E-state index contributed by atoms with van der Waals surface area (Å²) in [5.41, 5.74) is 1.05. The Kier molecular flexibility index (Phi) is 5.94. The van der Waals surface area contributed by atoms with E-state index >= 15 is 0 Å². The highest BCUT2D eigenvalue weighted by molar-refractivity contribution is 5.96. The van der Waals surface area contributed by atoms with Crippen molar-refractivity contribution in [2.45, 2.75) is 6.54 Å². The van der Waals surface area contributed by atoms with Crippen molar-refractivity contribution in [3.63, 3.8) is 0 Å². The van der Waals surface area contributed by atoms with Crippen LogP contribution in [0.5, 0.6) is 11.6 Å². The number of phenols is 1. The lowest BCUT2D eigenvalue weighted by Crippen LogP contribution is -2.27. The van der Waals surface area contributed by atoms with Crippen LogP contribution in [0.4, 0.5) is 0 Å². The third-order valence-electron chi connectivity index (χ3n) is 3.27. The SMILES string of the molecule is COCCOc1ncccc1C(=O)N(C)Cc1ccccc1O. The zero-order chi connectivity index (χ0) is 16.7. The van der Waals surface area contributed by atoms with Crippen molar-refractivity contribution >= 4 is 5.91 Å². The summed E-state index contributed by atoms with van der Waals surface area (Å²) in [4.78, 5) is 18.2. The maximum absolute atomic E-state index is 12.6. The van der Waals surface area contributed by atoms with E-state index in [9.17, 15) is 9.90 Å². The number of hydrogen-bond donors (Lipinski definition) is 1. The Labute approximate surface area is 135 Å². The van der Waals surface area contributed by atoms with Gasteiger partial charge in [0.1, 0.15) is 17.9 Å². The van der Waals surface area contributed by atoms with Crippen LogP contribution in [-0.2, 0) is 11.3 Å². The monoisotopic (exact) mass is 316 g/mol. The van der Waals surface area contributed by atoms with Gasteiger partial charge < -0.3 is 19.5 Å². The minimum Gasteiger partial charge on any atom is -0.508 e. The largest absolute Gasteiger partial charge is 0.508 e. The maximum atomic E-state index is 12.6. The van der Waals surface area contributed by atoms with Gasteiger partial charge in [0.05, 0.1) is 6.61 Å². The molecule has 0 aliphatic heterocycles. The quantitative estimate of drug-likeness (QED) is 0.792. The molecule has 0 spiro atoms. The summed E-state index contributed by atoms with van der Waals surface area (Å²) in [6.07, 6.45) is 1.57. The van der Waals surface area contributed by atoms with Crippen molar-refractivity contribution in [1.82, 2.24) is 9.88 Å². The van der Waals surface area contributed by atoms with Gasteiger partial charge in [-0.2, -0.15) is 0 Å². The Bertz CT molecular complexity index is 661. The standard InChI is InChI=1S/C17H20N2O4/c1-19(12-13-6-3-4-8-15(13)20)17(21)14-7-5-9-18-16(14)23-11-10-22-2/h3-9,20H,10-12H2,1-2H3. The van der Waals surface area contributed by atoms with Crippen LogP contribution in [0, 0.1) is 0 Å². The number of phenolic OH excluding ortho intramolecular Hbond substituents is 1. The van der Waals surface area contributed by atoms with Gasteiger partial charge in [0.25, 0.3) is 5.91 Å². The number of carbonyl (C=O) groups excluding carboxylic acids is 1. The highest BCUT2D eigenvalue weighted by Crippen LogP contribution is 2.20. The highest BCUT2D eigenvalue weighted by atomic mass is 16.5. The van der Waals surface area contributed by atoms with Crippen molar-refractivity contribution in [2.24, 2.45) is 0 Å². The van der Waals surface area contributed by atoms with Gasteiger partial charge in [-0.1, -0.05) is 18.2 Å². The van der Waals surface area contributed by atoms with E-state index in [-0.39, 0.29) is 24.1 Å². The summed E-state index contributed by atoms with van der Waals surface area (Å²) < 4.78 is 10.4. The van der Waals surface area contributed by atoms with E-state index < -0.39 is 0 Å². The molecule has 1 aromatic heterocycles. The van der Waals surface area contributed by atoms with E-state index in [1.54, 1.807) is 50.7 Å². The van der Waals surface area contributed by atoms with Crippen LogP contribution in [0.1, 0.15) is 15.9 Å². The summed E-state index contributed by atoms with van der Waals surface area (Å²) in [5, 5.41) is 9.82. The normalized spacial score (nSPS) is 10.3. The first-order chi connectivity index (χ1) is 11.1. The average molecular weight is 316 g/mol. The number of amides is 1. The molecule has 122 valence electrons. The zero-order valence-electron chi connectivity index (χ0n) is 13.2. The molecule has 2 rings (SSSR count). The molecule has 6 heteroatoms. The van der Waals surface area contributed by atoms with E-state index in [2.05, 4.69) is 4.98 Å². The van der Waals surface area contributed by atoms with Gasteiger partial charge >= 0.3 is 0 Å². The second-order valence-corrected chi connectivity index (χ2v) is 4.99. The Morgan fingerprint density at radius 3 is 2.74 bits per heavy atom. The topological polar surface area (TPSA) is 71.9 Å². The number of methoxy groups -OCH3 is 1. The van der Waals surface area contributed by atoms with Crippen LogP contribution in [0.25, 0.3) is 0 Å². The van der Waals surface area contributed by atoms with Gasteiger partial charge in [0, 0.05) is 32.5 Å². The summed E-state index contributed by atoms with van der Waals surface area (Å²) >= 11 is 0. The first-order valence-corrected chi connectivity index (χ1v) is 7.22. The summed E-state index contributed by atoms with van der Waals surface area (Å²) in [6.45, 7) is 1.02. The second kappa shape index (κ2) is 8.14. The molecule has 0 saturated heterocycles. The van der Waals surface area contributed by atoms with Crippen LogP contribution in [0.15, 0.2) is 42.6 Å². The average Bonchev–Trinajstić information content (AvgIpc) is 2.57. The number of carbonyl (C=O) groups is 1. The third kappa shape index (κ3) is 4.43. The smallest absolute Gasteiger partial charge is 0.259 e. The number of pyridine rings is 1. The minimum absolute atomic E-state index is 0.162. The molecule has 1 N–H and O–H groups in total. The van der Waals surface area contributed by atoms with Crippen LogP contribution < -0.4 is 4.74 Å². The minimum atomic E-state index is -0.228. The zero-order valence-corrected chi connectivity index (χ0v) is 13.2. The molecular formula is C17H20N2O4. The molecule has 6 nitrogen and oxygen atoms in total. The van der Waals surface area contributed by atoms with E-state index in [0.717, 1.165) is 0 Å². The van der Waals surface area contributed by atoms with Gasteiger partial charge in [-0.05, 0) is 18.2 Å². The first-order valence-electron chi connectivity index (χ1n) is 7.22. The predicted molar refractivity (Wildman–Crippen MR) is 85.5 cm³/mol. The van der Waals surface area contributed by atoms with Crippen molar-refractivity contribution in [2.75, 3.05) is 27.4 Å². The van der Waals surface area contributed by atoms with Crippen LogP contribution in [0.3, 0.4) is 0 Å². The van der Waals surface area contributed by atoms with Gasteiger partial charge in [-0.3, -0.25) is 4.79 Å². The molecule has 0 fully saturated rings. The fourth-order valence-electron chi connectivity index (χ4n) is 2.07. The Hall–Kier alpha value is -2.60. The Morgan fingerprint density at radius 2 is 2.00 bits per heavy atom. The van der Waals surface area contributed by atoms with E-state index in [1.807, 2.05) is 6.07 Å². The number of aromatic nitrogens is 1. The lowest BCUT2D eigenvalue weighted by Gasteiger charge is -2.19. The number of rotatable bonds is 7. The maximum Gasteiger partial charge on any atom is 0.259 e. The van der Waals surface area contributed by atoms with Crippen LogP contribution in [-0.4, -0.2) is 48.3 Å². The van der Waals surface area contributed by atoms with Gasteiger partial charge in [-0.25, -0.2) is 4.98 Å². The second-order valence-electron chi connectivity index (χ2n) is 4.99. The number of benzene rings is 1. The summed E-state index contributed by atoms with van der Waals surface area (Å²) in [7, 11) is 3.24. The lowest BCUT2D eigenvalue weighted by molar-refractivity contribution is 0.0775. The van der Waals surface area contributed by atoms with Crippen molar-refractivity contribution in [1.29, 1.82) is 0 Å². The summed E-state index contributed by atoms with van der Waals surface area (Å²) in [6, 6.07) is 10.3. The molecule has 0 aliphatic carbocycles. The van der Waals surface area contributed by atoms with Crippen molar-refractivity contribution in [3.8, 4) is 11.6 Å². The van der Waals surface area contributed by atoms with Crippen LogP contribution >= 0.6 is 0 Å². The molecule has 0 saturated carbocycles. The Balaban J connectivity index is 2.11. The fourth-order valence-corrected chi connectivity index (χ4v) is 2.07. The molecule has 0 radical (unpaired) electrons. The number of para-hydroxylation sites is 1. The molecule has 2 aromatic rings.